The number of fused-ring (bicyclic) bond motifs is 1. The molecule has 2 fully saturated rings. The van der Waals surface area contributed by atoms with E-state index < -0.39 is 0 Å². The number of aliphatic imine (C=N–C) groups is 2. The third-order valence-electron chi connectivity index (χ3n) is 8.40. The van der Waals surface area contributed by atoms with Gasteiger partial charge in [0.2, 0.25) is 17.4 Å². The van der Waals surface area contributed by atoms with Crippen molar-refractivity contribution in [3.8, 4) is 0 Å². The Morgan fingerprint density at radius 1 is 1.12 bits per heavy atom. The predicted molar refractivity (Wildman–Crippen MR) is 158 cm³/mol. The highest BCUT2D eigenvalue weighted by Gasteiger charge is 2.46. The highest BCUT2D eigenvalue weighted by molar-refractivity contribution is 6.05. The maximum atomic E-state index is 13.1. The summed E-state index contributed by atoms with van der Waals surface area (Å²) in [6.07, 6.45) is 11.1. The summed E-state index contributed by atoms with van der Waals surface area (Å²) in [6.45, 7) is 6.84. The fourth-order valence-electron chi connectivity index (χ4n) is 5.90. The first-order valence-corrected chi connectivity index (χ1v) is 14.5. The van der Waals surface area contributed by atoms with Gasteiger partial charge in [0.05, 0.1) is 23.9 Å². The number of nitrogens with two attached hydrogens (primary N) is 1. The number of aromatic nitrogens is 1. The van der Waals surface area contributed by atoms with Gasteiger partial charge in [-0.3, -0.25) is 14.6 Å². The van der Waals surface area contributed by atoms with Crippen molar-refractivity contribution in [1.82, 2.24) is 14.8 Å². The van der Waals surface area contributed by atoms with Crippen molar-refractivity contribution in [2.24, 2.45) is 21.7 Å². The maximum absolute atomic E-state index is 13.1. The SMILES string of the molecule is CCN(CC)C(=O)C1CCCN(C2=C3C=NC=C[N+]3(N)C(c3ccc(C(=O)Nc4cc(C5CC5)ccn4)cc3)=N2)C1. The van der Waals surface area contributed by atoms with Gasteiger partial charge in [-0.1, -0.05) is 0 Å². The standard InChI is InChI=1S/C31H36N8O2/c1-3-37(4-2)31(41)25-6-5-16-38(20-25)28-26-19-33-15-17-39(26,32)29(36-28)22-9-11-23(12-10-22)30(40)35-27-18-24(13-14-34-27)21-7-8-21/h9-15,17-19,21,25H,3-8,16,20,32H2,1-2H3/p+1. The van der Waals surface area contributed by atoms with Crippen molar-refractivity contribution in [1.29, 1.82) is 0 Å². The van der Waals surface area contributed by atoms with E-state index in [0.717, 1.165) is 36.5 Å². The Balaban J connectivity index is 1.22. The fraction of sp³-hybridized carbons (Fsp3) is 0.387. The molecule has 2 atom stereocenters. The topological polar surface area (TPSA) is 116 Å². The van der Waals surface area contributed by atoms with E-state index in [2.05, 4.69) is 20.2 Å². The molecule has 6 rings (SSSR count). The number of benzene rings is 1. The number of amides is 2. The van der Waals surface area contributed by atoms with Gasteiger partial charge >= 0.3 is 0 Å². The summed E-state index contributed by atoms with van der Waals surface area (Å²) >= 11 is 0. The Kier molecular flexibility index (Phi) is 7.27. The van der Waals surface area contributed by atoms with Crippen LogP contribution in [0.3, 0.4) is 0 Å². The molecular formula is C31H37N8O2+. The number of hydrogen-bond acceptors (Lipinski definition) is 7. The molecule has 10 heteroatoms. The number of nitrogens with one attached hydrogen (secondary N) is 1. The lowest BCUT2D eigenvalue weighted by Gasteiger charge is -2.35. The Morgan fingerprint density at radius 2 is 1.90 bits per heavy atom. The molecule has 0 bridgehead atoms. The number of allylic oxidation sites excluding steroid dienone is 1. The minimum absolute atomic E-state index is 0.0796. The Morgan fingerprint density at radius 3 is 2.63 bits per heavy atom. The summed E-state index contributed by atoms with van der Waals surface area (Å²) in [5.41, 5.74) is 3.31. The Bertz CT molecular complexity index is 1470. The van der Waals surface area contributed by atoms with Gasteiger partial charge in [0.1, 0.15) is 12.0 Å². The van der Waals surface area contributed by atoms with Crippen LogP contribution >= 0.6 is 0 Å². The van der Waals surface area contributed by atoms with Gasteiger partial charge in [-0.05, 0) is 87.4 Å². The zero-order valence-corrected chi connectivity index (χ0v) is 23.7. The number of carbonyl (C=O) groups is 2. The van der Waals surface area contributed by atoms with Crippen LogP contribution in [0.25, 0.3) is 0 Å². The summed E-state index contributed by atoms with van der Waals surface area (Å²) in [6, 6.07) is 11.3. The van der Waals surface area contributed by atoms with Crippen molar-refractivity contribution in [3.63, 3.8) is 0 Å². The zero-order valence-electron chi connectivity index (χ0n) is 23.7. The highest BCUT2D eigenvalue weighted by atomic mass is 16.2. The summed E-state index contributed by atoms with van der Waals surface area (Å²) in [5.74, 6) is 9.38. The molecule has 0 radical (unpaired) electrons. The van der Waals surface area contributed by atoms with Crippen LogP contribution in [-0.2, 0) is 4.79 Å². The highest BCUT2D eigenvalue weighted by Crippen LogP contribution is 2.40. The molecule has 1 saturated heterocycles. The smallest absolute Gasteiger partial charge is 0.266 e. The normalized spacial score (nSPS) is 23.3. The molecule has 4 aliphatic rings. The van der Waals surface area contributed by atoms with E-state index in [1.165, 1.54) is 18.4 Å². The van der Waals surface area contributed by atoms with Crippen LogP contribution in [-0.4, -0.2) is 69.4 Å². The summed E-state index contributed by atoms with van der Waals surface area (Å²) < 4.78 is -0.118. The fourth-order valence-corrected chi connectivity index (χ4v) is 5.90. The average molecular weight is 554 g/mol. The molecule has 1 aromatic carbocycles. The second-order valence-electron chi connectivity index (χ2n) is 11.1. The molecule has 2 aromatic rings. The number of quaternary nitrogens is 1. The number of rotatable bonds is 8. The van der Waals surface area contributed by atoms with E-state index in [-0.39, 0.29) is 22.3 Å². The number of carbonyl (C=O) groups excluding carboxylic acids is 2. The second kappa shape index (κ2) is 11.0. The molecular weight excluding hydrogens is 516 g/mol. The molecule has 2 unspecified atom stereocenters. The van der Waals surface area contributed by atoms with Gasteiger partial charge < -0.3 is 15.1 Å². The van der Waals surface area contributed by atoms with E-state index in [0.29, 0.717) is 42.8 Å². The van der Waals surface area contributed by atoms with Gasteiger partial charge in [0, 0.05) is 37.9 Å². The molecule has 212 valence electrons. The quantitative estimate of drug-likeness (QED) is 0.379. The number of hydrogen-bond donors (Lipinski definition) is 2. The molecule has 41 heavy (non-hydrogen) atoms. The minimum atomic E-state index is -0.219. The Hall–Kier alpha value is -4.15. The Labute approximate surface area is 240 Å². The molecule has 0 spiro atoms. The van der Waals surface area contributed by atoms with Crippen LogP contribution in [0.15, 0.2) is 76.5 Å². The summed E-state index contributed by atoms with van der Waals surface area (Å²) in [7, 11) is 0. The number of piperidine rings is 1. The first kappa shape index (κ1) is 27.0. The van der Waals surface area contributed by atoms with Crippen molar-refractivity contribution >= 4 is 29.7 Å². The lowest BCUT2D eigenvalue weighted by atomic mass is 9.96. The molecule has 1 saturated carbocycles. The van der Waals surface area contributed by atoms with Gasteiger partial charge in [0.25, 0.3) is 11.7 Å². The number of likely N-dealkylation sites (tertiary alicyclic amines) is 1. The van der Waals surface area contributed by atoms with Gasteiger partial charge in [-0.2, -0.15) is 10.8 Å². The van der Waals surface area contributed by atoms with E-state index >= 15 is 0 Å². The predicted octanol–water partition coefficient (Wildman–Crippen LogP) is 3.97. The van der Waals surface area contributed by atoms with Crippen molar-refractivity contribution in [2.45, 2.75) is 45.4 Å². The minimum Gasteiger partial charge on any atom is -0.351 e. The number of amidine groups is 1. The molecule has 10 nitrogen and oxygen atoms in total. The number of nitrogens with zero attached hydrogens (tertiary/aromatic N) is 6. The van der Waals surface area contributed by atoms with E-state index in [1.807, 2.05) is 49.2 Å². The monoisotopic (exact) mass is 553 g/mol. The molecule has 3 aliphatic heterocycles. The van der Waals surface area contributed by atoms with Crippen molar-refractivity contribution < 1.29 is 14.2 Å². The van der Waals surface area contributed by atoms with Crippen molar-refractivity contribution in [3.05, 3.63) is 83.2 Å². The van der Waals surface area contributed by atoms with Gasteiger partial charge in [0.15, 0.2) is 0 Å². The van der Waals surface area contributed by atoms with Crippen LogP contribution in [0.5, 0.6) is 0 Å². The molecule has 1 aliphatic carbocycles. The van der Waals surface area contributed by atoms with Crippen LogP contribution in [0.4, 0.5) is 5.82 Å². The van der Waals surface area contributed by atoms with Crippen molar-refractivity contribution in [2.75, 3.05) is 31.5 Å². The maximum Gasteiger partial charge on any atom is 0.266 e. The second-order valence-corrected chi connectivity index (χ2v) is 11.1. The third-order valence-corrected chi connectivity index (χ3v) is 8.40. The molecule has 4 heterocycles. The lowest BCUT2D eigenvalue weighted by Crippen LogP contribution is -2.53. The molecule has 1 aromatic heterocycles. The molecule has 2 amide bonds. The first-order valence-electron chi connectivity index (χ1n) is 14.5. The van der Waals surface area contributed by atoms with Crippen LogP contribution in [0.2, 0.25) is 0 Å². The lowest BCUT2D eigenvalue weighted by molar-refractivity contribution is -0.750. The van der Waals surface area contributed by atoms with Gasteiger partial charge in [-0.25, -0.2) is 4.98 Å². The van der Waals surface area contributed by atoms with E-state index in [4.69, 9.17) is 10.8 Å². The number of anilines is 1. The van der Waals surface area contributed by atoms with E-state index in [1.54, 1.807) is 30.7 Å². The number of pyridine rings is 1. The first-order chi connectivity index (χ1) is 19.9. The van der Waals surface area contributed by atoms with Gasteiger partial charge in [-0.15, -0.1) is 4.59 Å². The average Bonchev–Trinajstić information content (AvgIpc) is 3.80. The zero-order chi connectivity index (χ0) is 28.6. The summed E-state index contributed by atoms with van der Waals surface area (Å²) in [5, 5.41) is 2.92. The van der Waals surface area contributed by atoms with Crippen LogP contribution in [0.1, 0.15) is 66.9 Å². The third kappa shape index (κ3) is 5.20. The largest absolute Gasteiger partial charge is 0.351 e. The van der Waals surface area contributed by atoms with E-state index in [9.17, 15) is 9.59 Å². The van der Waals surface area contributed by atoms with Crippen LogP contribution in [0, 0.1) is 5.92 Å². The molecule has 3 N–H and O–H groups in total. The van der Waals surface area contributed by atoms with Crippen LogP contribution < -0.4 is 11.2 Å². The summed E-state index contributed by atoms with van der Waals surface area (Å²) in [4.78, 5) is 43.9.